The van der Waals surface area contributed by atoms with Crippen LogP contribution in [0.5, 0.6) is 0 Å². The van der Waals surface area contributed by atoms with Gasteiger partial charge in [-0.2, -0.15) is 0 Å². The second kappa shape index (κ2) is 6.88. The van der Waals surface area contributed by atoms with Crippen molar-refractivity contribution in [1.82, 2.24) is 0 Å². The summed E-state index contributed by atoms with van der Waals surface area (Å²) in [6.07, 6.45) is 9.43. The second-order valence-corrected chi connectivity index (χ2v) is 7.22. The van der Waals surface area contributed by atoms with Crippen LogP contribution in [0.25, 0.3) is 0 Å². The van der Waals surface area contributed by atoms with Crippen LogP contribution in [0.4, 0.5) is 0 Å². The van der Waals surface area contributed by atoms with Gasteiger partial charge in [-0.1, -0.05) is 39.5 Å². The molecule has 0 aromatic heterocycles. The van der Waals surface area contributed by atoms with Crippen molar-refractivity contribution < 1.29 is 9.90 Å². The molecule has 2 heteroatoms. The molecule has 2 nitrogen and oxygen atoms in total. The van der Waals surface area contributed by atoms with Gasteiger partial charge < -0.3 is 5.11 Å². The van der Waals surface area contributed by atoms with E-state index in [2.05, 4.69) is 13.8 Å². The Bertz CT molecular complexity index is 292. The maximum atomic E-state index is 12.0. The fourth-order valence-corrected chi connectivity index (χ4v) is 4.04. The van der Waals surface area contributed by atoms with Crippen molar-refractivity contribution in [2.24, 2.45) is 23.7 Å². The van der Waals surface area contributed by atoms with Gasteiger partial charge in [-0.05, 0) is 43.4 Å². The van der Waals surface area contributed by atoms with Gasteiger partial charge in [0.15, 0.2) is 0 Å². The molecule has 0 aromatic rings. The molecular weight excluding hydrogens is 236 g/mol. The maximum Gasteiger partial charge on any atom is 0.136 e. The van der Waals surface area contributed by atoms with Gasteiger partial charge in [0.1, 0.15) is 5.78 Å². The van der Waals surface area contributed by atoms with Crippen LogP contribution in [-0.2, 0) is 4.79 Å². The zero-order chi connectivity index (χ0) is 13.8. The van der Waals surface area contributed by atoms with Crippen molar-refractivity contribution in [3.8, 4) is 0 Å². The molecule has 0 aromatic carbocycles. The molecule has 2 fully saturated rings. The molecular formula is C17H30O2. The molecule has 2 saturated carbocycles. The molecule has 0 amide bonds. The highest BCUT2D eigenvalue weighted by atomic mass is 16.3. The van der Waals surface area contributed by atoms with E-state index in [0.29, 0.717) is 17.6 Å². The minimum atomic E-state index is -0.247. The summed E-state index contributed by atoms with van der Waals surface area (Å²) < 4.78 is 0. The maximum absolute atomic E-state index is 12.0. The van der Waals surface area contributed by atoms with Crippen LogP contribution in [0.2, 0.25) is 0 Å². The molecule has 0 radical (unpaired) electrons. The molecule has 19 heavy (non-hydrogen) atoms. The summed E-state index contributed by atoms with van der Waals surface area (Å²) in [6, 6.07) is 0. The topological polar surface area (TPSA) is 37.3 Å². The lowest BCUT2D eigenvalue weighted by atomic mass is 9.73. The third-order valence-corrected chi connectivity index (χ3v) is 5.38. The summed E-state index contributed by atoms with van der Waals surface area (Å²) in [5.74, 6) is 2.61. The third kappa shape index (κ3) is 4.30. The smallest absolute Gasteiger partial charge is 0.136 e. The van der Waals surface area contributed by atoms with E-state index in [1.54, 1.807) is 0 Å². The van der Waals surface area contributed by atoms with E-state index in [0.717, 1.165) is 38.0 Å². The lowest BCUT2D eigenvalue weighted by molar-refractivity contribution is -0.127. The average Bonchev–Trinajstić information content (AvgIpc) is 2.84. The SMILES string of the molecule is CC(C)C1CCC(=O)C(CC(O)CC2CCCC2)C1. The quantitative estimate of drug-likeness (QED) is 0.818. The van der Waals surface area contributed by atoms with Gasteiger partial charge in [0.2, 0.25) is 0 Å². The highest BCUT2D eigenvalue weighted by Crippen LogP contribution is 2.35. The van der Waals surface area contributed by atoms with Crippen molar-refractivity contribution >= 4 is 5.78 Å². The van der Waals surface area contributed by atoms with Crippen LogP contribution in [0, 0.1) is 23.7 Å². The first-order valence-corrected chi connectivity index (χ1v) is 8.27. The molecule has 3 atom stereocenters. The van der Waals surface area contributed by atoms with Gasteiger partial charge in [-0.25, -0.2) is 0 Å². The van der Waals surface area contributed by atoms with Gasteiger partial charge >= 0.3 is 0 Å². The number of hydrogen-bond donors (Lipinski definition) is 1. The molecule has 110 valence electrons. The van der Waals surface area contributed by atoms with Gasteiger partial charge in [-0.3, -0.25) is 4.79 Å². The molecule has 1 N–H and O–H groups in total. The van der Waals surface area contributed by atoms with E-state index in [-0.39, 0.29) is 12.0 Å². The molecule has 0 saturated heterocycles. The summed E-state index contributed by atoms with van der Waals surface area (Å²) in [6.45, 7) is 4.51. The van der Waals surface area contributed by atoms with E-state index >= 15 is 0 Å². The van der Waals surface area contributed by atoms with Crippen LogP contribution in [0.15, 0.2) is 0 Å². The Hall–Kier alpha value is -0.370. The summed E-state index contributed by atoms with van der Waals surface area (Å²) in [5.41, 5.74) is 0. The van der Waals surface area contributed by atoms with Crippen LogP contribution in [0.3, 0.4) is 0 Å². The largest absolute Gasteiger partial charge is 0.393 e. The Morgan fingerprint density at radius 3 is 2.47 bits per heavy atom. The van der Waals surface area contributed by atoms with Crippen LogP contribution in [0.1, 0.15) is 71.6 Å². The number of Topliss-reactive ketones (excluding diaryl/α,β-unsaturated/α-hetero) is 1. The molecule has 2 rings (SSSR count). The average molecular weight is 266 g/mol. The number of aliphatic hydroxyl groups excluding tert-OH is 1. The normalized spacial score (nSPS) is 31.1. The summed E-state index contributed by atoms with van der Waals surface area (Å²) in [5, 5.41) is 10.3. The Balaban J connectivity index is 1.80. The second-order valence-electron chi connectivity index (χ2n) is 7.22. The molecule has 2 aliphatic carbocycles. The predicted molar refractivity (Wildman–Crippen MR) is 77.9 cm³/mol. The summed E-state index contributed by atoms with van der Waals surface area (Å²) in [4.78, 5) is 12.0. The first kappa shape index (κ1) is 15.0. The zero-order valence-corrected chi connectivity index (χ0v) is 12.6. The number of aliphatic hydroxyl groups is 1. The van der Waals surface area contributed by atoms with Gasteiger partial charge in [-0.15, -0.1) is 0 Å². The first-order chi connectivity index (χ1) is 9.06. The minimum Gasteiger partial charge on any atom is -0.393 e. The van der Waals surface area contributed by atoms with E-state index in [4.69, 9.17) is 0 Å². The fraction of sp³-hybridized carbons (Fsp3) is 0.941. The predicted octanol–water partition coefficient (Wildman–Crippen LogP) is 3.96. The van der Waals surface area contributed by atoms with Crippen LogP contribution >= 0.6 is 0 Å². The molecule has 3 unspecified atom stereocenters. The number of hydrogen-bond acceptors (Lipinski definition) is 2. The number of ketones is 1. The number of carbonyl (C=O) groups excluding carboxylic acids is 1. The fourth-order valence-electron chi connectivity index (χ4n) is 4.04. The molecule has 0 heterocycles. The monoisotopic (exact) mass is 266 g/mol. The van der Waals surface area contributed by atoms with E-state index in [1.807, 2.05) is 0 Å². The highest BCUT2D eigenvalue weighted by Gasteiger charge is 2.32. The molecule has 0 bridgehead atoms. The summed E-state index contributed by atoms with van der Waals surface area (Å²) in [7, 11) is 0. The Morgan fingerprint density at radius 2 is 1.84 bits per heavy atom. The molecule has 0 aliphatic heterocycles. The Morgan fingerprint density at radius 1 is 1.16 bits per heavy atom. The van der Waals surface area contributed by atoms with Gasteiger partial charge in [0.25, 0.3) is 0 Å². The lowest BCUT2D eigenvalue weighted by Gasteiger charge is -2.32. The highest BCUT2D eigenvalue weighted by molar-refractivity contribution is 5.81. The van der Waals surface area contributed by atoms with Crippen molar-refractivity contribution in [1.29, 1.82) is 0 Å². The molecule has 2 aliphatic rings. The minimum absolute atomic E-state index is 0.137. The first-order valence-electron chi connectivity index (χ1n) is 8.27. The van der Waals surface area contributed by atoms with Crippen molar-refractivity contribution in [3.63, 3.8) is 0 Å². The summed E-state index contributed by atoms with van der Waals surface area (Å²) >= 11 is 0. The standard InChI is InChI=1S/C17H30O2/c1-12(2)14-7-8-17(19)15(10-14)11-16(18)9-13-5-3-4-6-13/h12-16,18H,3-11H2,1-2H3. The van der Waals surface area contributed by atoms with Crippen molar-refractivity contribution in [3.05, 3.63) is 0 Å². The van der Waals surface area contributed by atoms with Crippen LogP contribution < -0.4 is 0 Å². The lowest BCUT2D eigenvalue weighted by Crippen LogP contribution is -2.30. The van der Waals surface area contributed by atoms with Gasteiger partial charge in [0, 0.05) is 12.3 Å². The van der Waals surface area contributed by atoms with E-state index in [9.17, 15) is 9.90 Å². The van der Waals surface area contributed by atoms with E-state index in [1.165, 1.54) is 25.7 Å². The van der Waals surface area contributed by atoms with Crippen LogP contribution in [-0.4, -0.2) is 17.0 Å². The number of rotatable bonds is 5. The third-order valence-electron chi connectivity index (χ3n) is 5.38. The van der Waals surface area contributed by atoms with Gasteiger partial charge in [0.05, 0.1) is 6.10 Å². The van der Waals surface area contributed by atoms with Crippen molar-refractivity contribution in [2.75, 3.05) is 0 Å². The number of carbonyl (C=O) groups is 1. The Labute approximate surface area is 118 Å². The zero-order valence-electron chi connectivity index (χ0n) is 12.6. The Kier molecular flexibility index (Phi) is 5.44. The van der Waals surface area contributed by atoms with E-state index < -0.39 is 0 Å². The molecule has 0 spiro atoms. The van der Waals surface area contributed by atoms with Crippen molar-refractivity contribution in [2.45, 2.75) is 77.7 Å².